The zero-order valence-corrected chi connectivity index (χ0v) is 19.4. The largest absolute Gasteiger partial charge is 0.380 e. The van der Waals surface area contributed by atoms with E-state index < -0.39 is 8.07 Å². The van der Waals surface area contributed by atoms with E-state index in [1.54, 1.807) is 0 Å². The Morgan fingerprint density at radius 1 is 1.21 bits per heavy atom. The SMILES string of the molecule is CCC(=O)Nc1cccc(NC2C=CC(COCC[Si](C)(C)C)N2C2CCC2)c1. The third-order valence-corrected chi connectivity index (χ3v) is 7.49. The van der Waals surface area contributed by atoms with E-state index in [1.807, 2.05) is 25.1 Å². The van der Waals surface area contributed by atoms with Crippen molar-refractivity contribution >= 4 is 25.4 Å². The molecule has 160 valence electrons. The number of rotatable bonds is 10. The molecule has 6 heteroatoms. The molecule has 1 fully saturated rings. The maximum Gasteiger partial charge on any atom is 0.224 e. The van der Waals surface area contributed by atoms with Crippen LogP contribution >= 0.6 is 0 Å². The average Bonchev–Trinajstić information content (AvgIpc) is 2.99. The van der Waals surface area contributed by atoms with Crippen molar-refractivity contribution in [2.45, 2.75) is 76.5 Å². The molecule has 2 N–H and O–H groups in total. The molecule has 1 saturated carbocycles. The van der Waals surface area contributed by atoms with E-state index in [0.29, 0.717) is 18.5 Å². The summed E-state index contributed by atoms with van der Waals surface area (Å²) < 4.78 is 6.08. The number of amides is 1. The molecule has 5 nitrogen and oxygen atoms in total. The average molecular weight is 416 g/mol. The van der Waals surface area contributed by atoms with Gasteiger partial charge in [-0.05, 0) is 43.2 Å². The van der Waals surface area contributed by atoms with Gasteiger partial charge in [-0.25, -0.2) is 0 Å². The maximum atomic E-state index is 11.7. The van der Waals surface area contributed by atoms with Crippen LogP contribution in [-0.4, -0.2) is 50.3 Å². The molecule has 0 saturated heterocycles. The van der Waals surface area contributed by atoms with Crippen LogP contribution in [0.25, 0.3) is 0 Å². The molecule has 1 amide bonds. The molecule has 2 atom stereocenters. The minimum Gasteiger partial charge on any atom is -0.380 e. The van der Waals surface area contributed by atoms with Crippen molar-refractivity contribution in [3.63, 3.8) is 0 Å². The van der Waals surface area contributed by atoms with Gasteiger partial charge in [0.1, 0.15) is 0 Å². The molecule has 1 heterocycles. The Bertz CT molecular complexity index is 712. The van der Waals surface area contributed by atoms with Gasteiger partial charge < -0.3 is 15.4 Å². The predicted octanol–water partition coefficient (Wildman–Crippen LogP) is 4.92. The van der Waals surface area contributed by atoms with Crippen LogP contribution in [0, 0.1) is 0 Å². The second-order valence-corrected chi connectivity index (χ2v) is 15.1. The van der Waals surface area contributed by atoms with Gasteiger partial charge in [0.15, 0.2) is 0 Å². The molecule has 1 aliphatic heterocycles. The molecule has 0 bridgehead atoms. The second-order valence-electron chi connectivity index (χ2n) is 9.44. The zero-order valence-electron chi connectivity index (χ0n) is 18.4. The fourth-order valence-corrected chi connectivity index (χ4v) is 4.53. The van der Waals surface area contributed by atoms with Crippen molar-refractivity contribution in [3.05, 3.63) is 36.4 Å². The summed E-state index contributed by atoms with van der Waals surface area (Å²) in [5.41, 5.74) is 1.86. The molecule has 1 aromatic rings. The standard InChI is InChI=1S/C23H37N3O2Si/c1-5-23(27)25-19-9-6-8-18(16-19)24-22-13-12-21(26(22)20-10-7-11-20)17-28-14-15-29(2,3)4/h6,8-9,12-13,16,20-22,24H,5,7,10-11,14-15,17H2,1-4H3,(H,25,27). The minimum absolute atomic E-state index is 0.0366. The lowest BCUT2D eigenvalue weighted by Gasteiger charge is -2.42. The van der Waals surface area contributed by atoms with E-state index in [1.165, 1.54) is 25.3 Å². The van der Waals surface area contributed by atoms with E-state index in [0.717, 1.165) is 24.6 Å². The topological polar surface area (TPSA) is 53.6 Å². The van der Waals surface area contributed by atoms with Gasteiger partial charge in [-0.2, -0.15) is 0 Å². The number of anilines is 2. The summed E-state index contributed by atoms with van der Waals surface area (Å²) in [6.45, 7) is 10.7. The number of nitrogens with zero attached hydrogens (tertiary/aromatic N) is 1. The molecule has 3 rings (SSSR count). The highest BCUT2D eigenvalue weighted by atomic mass is 28.3. The molecule has 29 heavy (non-hydrogen) atoms. The highest BCUT2D eigenvalue weighted by Crippen LogP contribution is 2.33. The quantitative estimate of drug-likeness (QED) is 0.323. The van der Waals surface area contributed by atoms with Crippen molar-refractivity contribution < 1.29 is 9.53 Å². The Balaban J connectivity index is 1.59. The Hall–Kier alpha value is -1.63. The van der Waals surface area contributed by atoms with Crippen LogP contribution in [-0.2, 0) is 9.53 Å². The third kappa shape index (κ3) is 6.42. The lowest BCUT2D eigenvalue weighted by atomic mass is 9.90. The summed E-state index contributed by atoms with van der Waals surface area (Å²) in [6, 6.07) is 10.2. The Morgan fingerprint density at radius 2 is 1.97 bits per heavy atom. The van der Waals surface area contributed by atoms with Crippen LogP contribution in [0.15, 0.2) is 36.4 Å². The monoisotopic (exact) mass is 415 g/mol. The number of carbonyl (C=O) groups is 1. The summed E-state index contributed by atoms with van der Waals surface area (Å²) in [7, 11) is -1.05. The van der Waals surface area contributed by atoms with E-state index in [4.69, 9.17) is 4.74 Å². The second kappa shape index (κ2) is 9.91. The van der Waals surface area contributed by atoms with Crippen LogP contribution in [0.5, 0.6) is 0 Å². The Kier molecular flexibility index (Phi) is 7.54. The number of nitrogens with one attached hydrogen (secondary N) is 2. The highest BCUT2D eigenvalue weighted by Gasteiger charge is 2.37. The van der Waals surface area contributed by atoms with Crippen LogP contribution in [0.4, 0.5) is 11.4 Å². The molecule has 0 aromatic heterocycles. The van der Waals surface area contributed by atoms with E-state index in [2.05, 4.69) is 53.4 Å². The predicted molar refractivity (Wildman–Crippen MR) is 124 cm³/mol. The van der Waals surface area contributed by atoms with Gasteiger partial charge in [0.25, 0.3) is 0 Å². The molecular weight excluding hydrogens is 378 g/mol. The molecule has 1 aromatic carbocycles. The van der Waals surface area contributed by atoms with Crippen molar-refractivity contribution in [1.29, 1.82) is 0 Å². The number of ether oxygens (including phenoxy) is 1. The number of hydrogen-bond donors (Lipinski definition) is 2. The summed E-state index contributed by atoms with van der Waals surface area (Å²) in [6.07, 6.45) is 9.06. The molecular formula is C23H37N3O2Si. The highest BCUT2D eigenvalue weighted by molar-refractivity contribution is 6.76. The first-order valence-corrected chi connectivity index (χ1v) is 14.8. The summed E-state index contributed by atoms with van der Waals surface area (Å²) in [5.74, 6) is 0.0366. The lowest BCUT2D eigenvalue weighted by molar-refractivity contribution is -0.115. The fraction of sp³-hybridized carbons (Fsp3) is 0.609. The van der Waals surface area contributed by atoms with Crippen molar-refractivity contribution in [2.75, 3.05) is 23.8 Å². The van der Waals surface area contributed by atoms with Crippen LogP contribution in [0.2, 0.25) is 25.7 Å². The van der Waals surface area contributed by atoms with Gasteiger partial charge in [0.2, 0.25) is 5.91 Å². The molecule has 2 aliphatic rings. The van der Waals surface area contributed by atoms with Crippen LogP contribution in [0.3, 0.4) is 0 Å². The van der Waals surface area contributed by atoms with Gasteiger partial charge in [-0.15, -0.1) is 0 Å². The van der Waals surface area contributed by atoms with E-state index in [9.17, 15) is 4.79 Å². The van der Waals surface area contributed by atoms with E-state index in [-0.39, 0.29) is 12.1 Å². The first-order chi connectivity index (χ1) is 13.9. The van der Waals surface area contributed by atoms with Crippen molar-refractivity contribution in [2.24, 2.45) is 0 Å². The van der Waals surface area contributed by atoms with Crippen LogP contribution < -0.4 is 10.6 Å². The fourth-order valence-electron chi connectivity index (χ4n) is 3.77. The zero-order chi connectivity index (χ0) is 20.9. The van der Waals surface area contributed by atoms with Gasteiger partial charge in [-0.1, -0.05) is 45.1 Å². The normalized spacial score (nSPS) is 22.5. The smallest absolute Gasteiger partial charge is 0.224 e. The first kappa shape index (κ1) is 22.1. The molecule has 0 spiro atoms. The minimum atomic E-state index is -1.05. The summed E-state index contributed by atoms with van der Waals surface area (Å²) in [4.78, 5) is 14.3. The number of hydrogen-bond acceptors (Lipinski definition) is 4. The van der Waals surface area contributed by atoms with E-state index >= 15 is 0 Å². The van der Waals surface area contributed by atoms with Crippen LogP contribution in [0.1, 0.15) is 32.6 Å². The number of benzene rings is 1. The molecule has 2 unspecified atom stereocenters. The lowest BCUT2D eigenvalue weighted by Crippen LogP contribution is -2.52. The molecule has 0 radical (unpaired) electrons. The Morgan fingerprint density at radius 3 is 2.62 bits per heavy atom. The summed E-state index contributed by atoms with van der Waals surface area (Å²) in [5, 5.41) is 6.60. The maximum absolute atomic E-state index is 11.7. The van der Waals surface area contributed by atoms with Gasteiger partial charge in [0.05, 0.1) is 18.8 Å². The Labute approximate surface area is 176 Å². The summed E-state index contributed by atoms with van der Waals surface area (Å²) >= 11 is 0. The third-order valence-electron chi connectivity index (χ3n) is 5.78. The van der Waals surface area contributed by atoms with Crippen molar-refractivity contribution in [3.8, 4) is 0 Å². The first-order valence-electron chi connectivity index (χ1n) is 11.1. The van der Waals surface area contributed by atoms with Gasteiger partial charge >= 0.3 is 0 Å². The number of carbonyl (C=O) groups excluding carboxylic acids is 1. The van der Waals surface area contributed by atoms with Gasteiger partial charge in [-0.3, -0.25) is 9.69 Å². The van der Waals surface area contributed by atoms with Gasteiger partial charge in [0, 0.05) is 38.5 Å². The molecule has 1 aliphatic carbocycles. The van der Waals surface area contributed by atoms with Crippen molar-refractivity contribution in [1.82, 2.24) is 4.90 Å².